The van der Waals surface area contributed by atoms with Gasteiger partial charge in [0.15, 0.2) is 0 Å². The first-order valence-corrected chi connectivity index (χ1v) is 12.2. The summed E-state index contributed by atoms with van der Waals surface area (Å²) in [4.78, 5) is 14.4. The van der Waals surface area contributed by atoms with E-state index in [1.54, 1.807) is 4.90 Å². The van der Waals surface area contributed by atoms with Crippen molar-refractivity contribution in [1.29, 1.82) is 0 Å². The van der Waals surface area contributed by atoms with Gasteiger partial charge in [0.2, 0.25) is 10.0 Å². The van der Waals surface area contributed by atoms with Crippen molar-refractivity contribution in [1.82, 2.24) is 9.62 Å². The molecule has 0 saturated carbocycles. The standard InChI is InChI=1S/C23H30N2O4S/c1-4-17(2)29-23(26)25-14-13-21(24-30(3,27)28)22(25)16-18-9-8-12-20(15-18)19-10-6-5-7-11-19/h5-12,15,17,21-22,24H,4,13-14,16H2,1-3H3/t17?,21-,22-/m0/s1. The van der Waals surface area contributed by atoms with E-state index < -0.39 is 10.0 Å². The molecule has 0 aliphatic carbocycles. The Balaban J connectivity index is 1.85. The number of ether oxygens (including phenoxy) is 1. The fourth-order valence-corrected chi connectivity index (χ4v) is 4.64. The number of carbonyl (C=O) groups is 1. The van der Waals surface area contributed by atoms with Crippen LogP contribution in [-0.2, 0) is 21.2 Å². The molecule has 1 saturated heterocycles. The van der Waals surface area contributed by atoms with Gasteiger partial charge in [0, 0.05) is 12.6 Å². The number of nitrogens with one attached hydrogen (secondary N) is 1. The Labute approximate surface area is 179 Å². The Morgan fingerprint density at radius 2 is 1.87 bits per heavy atom. The highest BCUT2D eigenvalue weighted by molar-refractivity contribution is 7.88. The van der Waals surface area contributed by atoms with Gasteiger partial charge >= 0.3 is 6.09 Å². The highest BCUT2D eigenvalue weighted by atomic mass is 32.2. The Kier molecular flexibility index (Phi) is 7.15. The molecule has 1 N–H and O–H groups in total. The summed E-state index contributed by atoms with van der Waals surface area (Å²) < 4.78 is 32.0. The van der Waals surface area contributed by atoms with Crippen LogP contribution >= 0.6 is 0 Å². The highest BCUT2D eigenvalue weighted by Gasteiger charge is 2.39. The van der Waals surface area contributed by atoms with E-state index in [-0.39, 0.29) is 24.3 Å². The molecule has 1 amide bonds. The van der Waals surface area contributed by atoms with E-state index in [1.807, 2.05) is 44.2 Å². The maximum atomic E-state index is 12.7. The summed E-state index contributed by atoms with van der Waals surface area (Å²) in [7, 11) is -3.39. The molecular weight excluding hydrogens is 400 g/mol. The summed E-state index contributed by atoms with van der Waals surface area (Å²) in [5.41, 5.74) is 3.25. The number of benzene rings is 2. The number of sulfonamides is 1. The molecule has 6 nitrogen and oxygen atoms in total. The zero-order valence-electron chi connectivity index (χ0n) is 17.7. The molecule has 30 heavy (non-hydrogen) atoms. The minimum Gasteiger partial charge on any atom is -0.446 e. The number of hydrogen-bond donors (Lipinski definition) is 1. The molecular formula is C23H30N2O4S. The lowest BCUT2D eigenvalue weighted by Gasteiger charge is -2.29. The molecule has 0 aromatic heterocycles. The van der Waals surface area contributed by atoms with Gasteiger partial charge < -0.3 is 9.64 Å². The number of amides is 1. The average molecular weight is 431 g/mol. The molecule has 0 bridgehead atoms. The average Bonchev–Trinajstić information content (AvgIpc) is 3.09. The van der Waals surface area contributed by atoms with E-state index in [0.29, 0.717) is 19.4 Å². The minimum atomic E-state index is -3.39. The van der Waals surface area contributed by atoms with Crippen LogP contribution in [-0.4, -0.2) is 50.4 Å². The van der Waals surface area contributed by atoms with Crippen LogP contribution in [0.1, 0.15) is 32.3 Å². The number of hydrogen-bond acceptors (Lipinski definition) is 4. The van der Waals surface area contributed by atoms with E-state index >= 15 is 0 Å². The van der Waals surface area contributed by atoms with Crippen LogP contribution < -0.4 is 4.72 Å². The van der Waals surface area contributed by atoms with Crippen molar-refractivity contribution < 1.29 is 17.9 Å². The normalized spacial score (nSPS) is 20.2. The third-order valence-corrected chi connectivity index (χ3v) is 6.23. The molecule has 1 fully saturated rings. The summed E-state index contributed by atoms with van der Waals surface area (Å²) in [6.45, 7) is 4.28. The third-order valence-electron chi connectivity index (χ3n) is 5.50. The zero-order valence-corrected chi connectivity index (χ0v) is 18.6. The first-order chi connectivity index (χ1) is 14.3. The Morgan fingerprint density at radius 1 is 1.17 bits per heavy atom. The lowest BCUT2D eigenvalue weighted by atomic mass is 9.97. The quantitative estimate of drug-likeness (QED) is 0.724. The number of nitrogens with zero attached hydrogens (tertiary/aromatic N) is 1. The predicted octanol–water partition coefficient (Wildman–Crippen LogP) is 3.82. The first kappa shape index (κ1) is 22.3. The van der Waals surface area contributed by atoms with E-state index in [9.17, 15) is 13.2 Å². The number of carbonyl (C=O) groups excluding carboxylic acids is 1. The van der Waals surface area contributed by atoms with Gasteiger partial charge in [-0.15, -0.1) is 0 Å². The van der Waals surface area contributed by atoms with Gasteiger partial charge in [-0.05, 0) is 42.9 Å². The summed E-state index contributed by atoms with van der Waals surface area (Å²) in [6, 6.07) is 17.6. The second kappa shape index (κ2) is 9.62. The fraction of sp³-hybridized carbons (Fsp3) is 0.435. The second-order valence-electron chi connectivity index (χ2n) is 7.92. The van der Waals surface area contributed by atoms with Crippen molar-refractivity contribution in [2.75, 3.05) is 12.8 Å². The molecule has 1 heterocycles. The summed E-state index contributed by atoms with van der Waals surface area (Å²) in [6.07, 6.45) is 2.43. The topological polar surface area (TPSA) is 75.7 Å². The van der Waals surface area contributed by atoms with Gasteiger partial charge in [-0.2, -0.15) is 0 Å². The largest absolute Gasteiger partial charge is 0.446 e. The van der Waals surface area contributed by atoms with Crippen molar-refractivity contribution in [3.05, 3.63) is 60.2 Å². The minimum absolute atomic E-state index is 0.179. The molecule has 0 spiro atoms. The Hall–Kier alpha value is -2.38. The second-order valence-corrected chi connectivity index (χ2v) is 9.70. The van der Waals surface area contributed by atoms with Crippen molar-refractivity contribution in [2.45, 2.75) is 51.3 Å². The molecule has 1 aliphatic heterocycles. The Morgan fingerprint density at radius 3 is 2.53 bits per heavy atom. The lowest BCUT2D eigenvalue weighted by Crippen LogP contribution is -2.48. The number of rotatable bonds is 7. The van der Waals surface area contributed by atoms with Crippen LogP contribution in [0.25, 0.3) is 11.1 Å². The van der Waals surface area contributed by atoms with Crippen molar-refractivity contribution in [3.63, 3.8) is 0 Å². The Bertz CT molecular complexity index is 962. The van der Waals surface area contributed by atoms with Crippen molar-refractivity contribution >= 4 is 16.1 Å². The molecule has 3 rings (SSSR count). The van der Waals surface area contributed by atoms with Gasteiger partial charge in [-0.3, -0.25) is 0 Å². The fourth-order valence-electron chi connectivity index (χ4n) is 3.82. The smallest absolute Gasteiger partial charge is 0.410 e. The van der Waals surface area contributed by atoms with E-state index in [1.165, 1.54) is 0 Å². The van der Waals surface area contributed by atoms with Gasteiger partial charge in [-0.1, -0.05) is 61.5 Å². The van der Waals surface area contributed by atoms with Crippen LogP contribution in [0, 0.1) is 0 Å². The first-order valence-electron chi connectivity index (χ1n) is 10.4. The predicted molar refractivity (Wildman–Crippen MR) is 119 cm³/mol. The highest BCUT2D eigenvalue weighted by Crippen LogP contribution is 2.26. The molecule has 3 atom stereocenters. The van der Waals surface area contributed by atoms with Gasteiger partial charge in [0.1, 0.15) is 6.10 Å². The molecule has 7 heteroatoms. The monoisotopic (exact) mass is 430 g/mol. The summed E-state index contributed by atoms with van der Waals surface area (Å²) in [5.74, 6) is 0. The summed E-state index contributed by atoms with van der Waals surface area (Å²) in [5, 5.41) is 0. The van der Waals surface area contributed by atoms with Gasteiger partial charge in [-0.25, -0.2) is 17.9 Å². The van der Waals surface area contributed by atoms with Gasteiger partial charge in [0.25, 0.3) is 0 Å². The van der Waals surface area contributed by atoms with Gasteiger partial charge in [0.05, 0.1) is 12.3 Å². The molecule has 0 radical (unpaired) electrons. The SMILES string of the molecule is CCC(C)OC(=O)N1CC[C@H](NS(C)(=O)=O)[C@@H]1Cc1cccc(-c2ccccc2)c1. The molecule has 162 valence electrons. The lowest BCUT2D eigenvalue weighted by molar-refractivity contribution is 0.0638. The van der Waals surface area contributed by atoms with Crippen LogP contribution in [0.2, 0.25) is 0 Å². The summed E-state index contributed by atoms with van der Waals surface area (Å²) >= 11 is 0. The maximum Gasteiger partial charge on any atom is 0.410 e. The molecule has 1 aliphatic rings. The third kappa shape index (κ3) is 5.83. The molecule has 2 aromatic rings. The van der Waals surface area contributed by atoms with E-state index in [4.69, 9.17) is 4.74 Å². The maximum absolute atomic E-state index is 12.7. The van der Waals surface area contributed by atoms with Crippen molar-refractivity contribution in [2.24, 2.45) is 0 Å². The van der Waals surface area contributed by atoms with E-state index in [0.717, 1.165) is 29.4 Å². The van der Waals surface area contributed by atoms with Crippen LogP contribution in [0.4, 0.5) is 4.79 Å². The van der Waals surface area contributed by atoms with Crippen molar-refractivity contribution in [3.8, 4) is 11.1 Å². The van der Waals surface area contributed by atoms with E-state index in [2.05, 4.69) is 29.0 Å². The van der Waals surface area contributed by atoms with Crippen LogP contribution in [0.5, 0.6) is 0 Å². The van der Waals surface area contributed by atoms with Crippen LogP contribution in [0.3, 0.4) is 0 Å². The zero-order chi connectivity index (χ0) is 21.7. The molecule has 1 unspecified atom stereocenters. The molecule has 2 aromatic carbocycles. The van der Waals surface area contributed by atoms with Crippen LogP contribution in [0.15, 0.2) is 54.6 Å². The number of likely N-dealkylation sites (tertiary alicyclic amines) is 1.